The molecule has 0 aromatic heterocycles. The van der Waals surface area contributed by atoms with E-state index in [0.29, 0.717) is 5.41 Å². The van der Waals surface area contributed by atoms with Crippen LogP contribution in [0.25, 0.3) is 0 Å². The van der Waals surface area contributed by atoms with Crippen LogP contribution in [0.5, 0.6) is 0 Å². The van der Waals surface area contributed by atoms with Crippen molar-refractivity contribution in [2.45, 2.75) is 46.1 Å². The molecule has 1 N–H and O–H groups in total. The Morgan fingerprint density at radius 3 is 2.80 bits per heavy atom. The Morgan fingerprint density at radius 1 is 1.30 bits per heavy atom. The lowest BCUT2D eigenvalue weighted by atomic mass is 9.92. The topological polar surface area (TPSA) is 15.3 Å². The van der Waals surface area contributed by atoms with Crippen LogP contribution in [-0.4, -0.2) is 20.1 Å². The van der Waals surface area contributed by atoms with E-state index < -0.39 is 0 Å². The maximum atomic E-state index is 3.69. The highest BCUT2D eigenvalue weighted by atomic mass is 15.1. The summed E-state index contributed by atoms with van der Waals surface area (Å²) in [6.07, 6.45) is 5.35. The summed E-state index contributed by atoms with van der Waals surface area (Å²) in [5, 5.41) is 3.69. The second kappa shape index (κ2) is 5.40. The number of hydrogen-bond acceptors (Lipinski definition) is 2. The van der Waals surface area contributed by atoms with E-state index in [0.717, 1.165) is 12.5 Å². The van der Waals surface area contributed by atoms with Crippen LogP contribution < -0.4 is 10.2 Å². The zero-order valence-corrected chi connectivity index (χ0v) is 13.2. The molecule has 0 radical (unpaired) electrons. The fourth-order valence-corrected chi connectivity index (χ4v) is 3.52. The molecule has 0 saturated heterocycles. The molecule has 2 heteroatoms. The first-order valence-electron chi connectivity index (χ1n) is 8.14. The monoisotopic (exact) mass is 272 g/mol. The summed E-state index contributed by atoms with van der Waals surface area (Å²) in [6, 6.07) is 7.01. The number of benzene rings is 1. The van der Waals surface area contributed by atoms with Crippen molar-refractivity contribution in [2.75, 3.05) is 25.0 Å². The van der Waals surface area contributed by atoms with E-state index in [2.05, 4.69) is 49.3 Å². The van der Waals surface area contributed by atoms with Crippen molar-refractivity contribution in [1.82, 2.24) is 5.32 Å². The molecule has 0 unspecified atom stereocenters. The molecule has 1 aromatic rings. The predicted molar refractivity (Wildman–Crippen MR) is 86.2 cm³/mol. The quantitative estimate of drug-likeness (QED) is 0.881. The number of nitrogens with zero attached hydrogens (tertiary/aromatic N) is 1. The molecule has 0 atom stereocenters. The molecular weight excluding hydrogens is 244 g/mol. The molecule has 1 aliphatic carbocycles. The van der Waals surface area contributed by atoms with Gasteiger partial charge in [-0.15, -0.1) is 0 Å². The maximum Gasteiger partial charge on any atom is 0.0396 e. The van der Waals surface area contributed by atoms with Crippen LogP contribution in [0.4, 0.5) is 5.69 Å². The zero-order valence-electron chi connectivity index (χ0n) is 13.2. The van der Waals surface area contributed by atoms with Gasteiger partial charge in [0.25, 0.3) is 0 Å². The first-order valence-corrected chi connectivity index (χ1v) is 8.14. The van der Waals surface area contributed by atoms with Gasteiger partial charge in [-0.25, -0.2) is 0 Å². The van der Waals surface area contributed by atoms with Gasteiger partial charge in [0.05, 0.1) is 0 Å². The van der Waals surface area contributed by atoms with Crippen molar-refractivity contribution in [3.63, 3.8) is 0 Å². The summed E-state index contributed by atoms with van der Waals surface area (Å²) < 4.78 is 0. The normalized spacial score (nSPS) is 20.1. The Labute approximate surface area is 123 Å². The maximum absolute atomic E-state index is 3.69. The van der Waals surface area contributed by atoms with Crippen molar-refractivity contribution >= 4 is 5.69 Å². The Hall–Kier alpha value is -1.02. The minimum Gasteiger partial charge on any atom is -0.374 e. The zero-order chi connectivity index (χ0) is 14.2. The van der Waals surface area contributed by atoms with E-state index >= 15 is 0 Å². The molecule has 2 aliphatic rings. The molecule has 1 aliphatic heterocycles. The van der Waals surface area contributed by atoms with E-state index in [1.165, 1.54) is 55.6 Å². The van der Waals surface area contributed by atoms with Gasteiger partial charge in [-0.05, 0) is 54.2 Å². The molecule has 2 nitrogen and oxygen atoms in total. The molecular formula is C18H28N2. The summed E-state index contributed by atoms with van der Waals surface area (Å²) in [6.45, 7) is 8.13. The molecule has 1 saturated carbocycles. The van der Waals surface area contributed by atoms with Gasteiger partial charge < -0.3 is 10.2 Å². The summed E-state index contributed by atoms with van der Waals surface area (Å²) in [5.41, 5.74) is 5.01. The Morgan fingerprint density at radius 2 is 2.10 bits per heavy atom. The fourth-order valence-electron chi connectivity index (χ4n) is 3.52. The van der Waals surface area contributed by atoms with Gasteiger partial charge >= 0.3 is 0 Å². The van der Waals surface area contributed by atoms with Gasteiger partial charge in [0.2, 0.25) is 0 Å². The molecule has 1 aromatic carbocycles. The summed E-state index contributed by atoms with van der Waals surface area (Å²) >= 11 is 0. The molecule has 3 rings (SSSR count). The number of fused-ring (bicyclic) bond motifs is 1. The Kier molecular flexibility index (Phi) is 3.76. The van der Waals surface area contributed by atoms with Crippen LogP contribution in [0.3, 0.4) is 0 Å². The third-order valence-corrected chi connectivity index (χ3v) is 5.42. The molecule has 0 amide bonds. The van der Waals surface area contributed by atoms with Crippen molar-refractivity contribution in [1.29, 1.82) is 0 Å². The molecule has 20 heavy (non-hydrogen) atoms. The van der Waals surface area contributed by atoms with Gasteiger partial charge in [-0.2, -0.15) is 0 Å². The van der Waals surface area contributed by atoms with E-state index in [4.69, 9.17) is 0 Å². The lowest BCUT2D eigenvalue weighted by Gasteiger charge is -2.28. The first-order chi connectivity index (χ1) is 9.61. The van der Waals surface area contributed by atoms with E-state index in [9.17, 15) is 0 Å². The molecule has 0 spiro atoms. The van der Waals surface area contributed by atoms with E-state index in [-0.39, 0.29) is 0 Å². The molecule has 1 heterocycles. The van der Waals surface area contributed by atoms with Crippen LogP contribution in [0, 0.1) is 11.3 Å². The van der Waals surface area contributed by atoms with Crippen LogP contribution in [-0.2, 0) is 13.0 Å². The standard InChI is InChI=1S/C18H28N2/c1-14(2)18(8-9-18)13-19-12-15-6-7-17-16(11-15)5-4-10-20(17)3/h6-7,11,14,19H,4-5,8-10,12-13H2,1-3H3. The van der Waals surface area contributed by atoms with E-state index in [1.54, 1.807) is 0 Å². The third kappa shape index (κ3) is 2.71. The summed E-state index contributed by atoms with van der Waals surface area (Å²) in [4.78, 5) is 2.38. The van der Waals surface area contributed by atoms with Gasteiger partial charge in [-0.1, -0.05) is 26.0 Å². The minimum atomic E-state index is 0.606. The second-order valence-electron chi connectivity index (χ2n) is 7.11. The summed E-state index contributed by atoms with van der Waals surface area (Å²) in [5.74, 6) is 0.812. The van der Waals surface area contributed by atoms with Crippen LogP contribution in [0.15, 0.2) is 18.2 Å². The van der Waals surface area contributed by atoms with Gasteiger partial charge in [0, 0.05) is 32.4 Å². The van der Waals surface area contributed by atoms with Crippen LogP contribution >= 0.6 is 0 Å². The number of hydrogen-bond donors (Lipinski definition) is 1. The van der Waals surface area contributed by atoms with Gasteiger partial charge in [0.15, 0.2) is 0 Å². The number of anilines is 1. The largest absolute Gasteiger partial charge is 0.374 e. The smallest absolute Gasteiger partial charge is 0.0396 e. The highest BCUT2D eigenvalue weighted by Crippen LogP contribution is 2.51. The number of aryl methyl sites for hydroxylation is 1. The van der Waals surface area contributed by atoms with Crippen LogP contribution in [0.1, 0.15) is 44.2 Å². The Balaban J connectivity index is 1.59. The predicted octanol–water partition coefficient (Wildman–Crippen LogP) is 3.59. The van der Waals surface area contributed by atoms with E-state index in [1.807, 2.05) is 0 Å². The van der Waals surface area contributed by atoms with Crippen molar-refractivity contribution in [3.05, 3.63) is 29.3 Å². The fraction of sp³-hybridized carbons (Fsp3) is 0.667. The Bertz CT molecular complexity index is 474. The van der Waals surface area contributed by atoms with Gasteiger partial charge in [-0.3, -0.25) is 0 Å². The lowest BCUT2D eigenvalue weighted by Crippen LogP contribution is -2.28. The van der Waals surface area contributed by atoms with Crippen molar-refractivity contribution < 1.29 is 0 Å². The number of rotatable bonds is 5. The number of nitrogens with one attached hydrogen (secondary N) is 1. The summed E-state index contributed by atoms with van der Waals surface area (Å²) in [7, 11) is 2.20. The van der Waals surface area contributed by atoms with Crippen molar-refractivity contribution in [2.24, 2.45) is 11.3 Å². The SMILES string of the molecule is CC(C)C1(CNCc2ccc3c(c2)CCCN3C)CC1. The average molecular weight is 272 g/mol. The molecule has 0 bridgehead atoms. The highest BCUT2D eigenvalue weighted by Gasteiger charge is 2.44. The van der Waals surface area contributed by atoms with Crippen LogP contribution in [0.2, 0.25) is 0 Å². The average Bonchev–Trinajstić information content (AvgIpc) is 3.20. The first kappa shape index (κ1) is 13.9. The highest BCUT2D eigenvalue weighted by molar-refractivity contribution is 5.56. The third-order valence-electron chi connectivity index (χ3n) is 5.42. The van der Waals surface area contributed by atoms with Crippen molar-refractivity contribution in [3.8, 4) is 0 Å². The lowest BCUT2D eigenvalue weighted by molar-refractivity contribution is 0.338. The molecule has 1 fully saturated rings. The second-order valence-corrected chi connectivity index (χ2v) is 7.11. The van der Waals surface area contributed by atoms with Gasteiger partial charge in [0.1, 0.15) is 0 Å². The minimum absolute atomic E-state index is 0.606. The molecule has 110 valence electrons.